The van der Waals surface area contributed by atoms with Crippen LogP contribution in [0.1, 0.15) is 33.6 Å². The second-order valence-corrected chi connectivity index (χ2v) is 8.16. The summed E-state index contributed by atoms with van der Waals surface area (Å²) < 4.78 is 2.04. The average Bonchev–Trinajstić information content (AvgIpc) is 3.13. The minimum absolute atomic E-state index is 0.480. The van der Waals surface area contributed by atoms with Crippen LogP contribution in [0.4, 0.5) is 5.95 Å². The predicted octanol–water partition coefficient (Wildman–Crippen LogP) is 5.18. The summed E-state index contributed by atoms with van der Waals surface area (Å²) >= 11 is 6.15. The fraction of sp³-hybridized carbons (Fsp3) is 0.120. The molecule has 0 bridgehead atoms. The summed E-state index contributed by atoms with van der Waals surface area (Å²) in [5.41, 5.74) is 6.53. The van der Waals surface area contributed by atoms with Gasteiger partial charge in [0, 0.05) is 16.1 Å². The lowest BCUT2D eigenvalue weighted by Crippen LogP contribution is -2.20. The number of anilines is 1. The van der Waals surface area contributed by atoms with Crippen molar-refractivity contribution in [2.24, 2.45) is 5.10 Å². The van der Waals surface area contributed by atoms with Gasteiger partial charge in [0.1, 0.15) is 11.5 Å². The lowest BCUT2D eigenvalue weighted by Gasteiger charge is -2.18. The smallest absolute Gasteiger partial charge is 0.252 e. The second kappa shape index (κ2) is 7.95. The van der Waals surface area contributed by atoms with Gasteiger partial charge in [0.15, 0.2) is 0 Å². The summed E-state index contributed by atoms with van der Waals surface area (Å²) in [6, 6.07) is 23.6. The van der Waals surface area contributed by atoms with Crippen molar-refractivity contribution >= 4 is 23.3 Å². The van der Waals surface area contributed by atoms with Crippen molar-refractivity contribution in [3.05, 3.63) is 105 Å². The molecule has 1 aliphatic heterocycles. The number of hydrogen-bond donors (Lipinski definition) is 0. The van der Waals surface area contributed by atoms with Gasteiger partial charge in [-0.05, 0) is 55.3 Å². The van der Waals surface area contributed by atoms with Gasteiger partial charge in [-0.1, -0.05) is 48.0 Å². The average molecular weight is 439 g/mol. The van der Waals surface area contributed by atoms with Gasteiger partial charge in [-0.15, -0.1) is 10.2 Å². The first-order chi connectivity index (χ1) is 15.5. The maximum atomic E-state index is 9.11. The molecule has 0 saturated heterocycles. The third-order valence-corrected chi connectivity index (χ3v) is 5.69. The maximum absolute atomic E-state index is 9.11. The first-order valence-electron chi connectivity index (χ1n) is 10.2. The Morgan fingerprint density at radius 3 is 2.41 bits per heavy atom. The molecule has 7 heteroatoms. The number of aryl methyl sites for hydroxylation is 2. The standard InChI is InChI=1S/C25H19ClN6/c1-16-3-12-22-23(13-16)32-17(2)28-29-25(32)31(15-19-6-4-18(14-27)5-7-19)30-24(22)20-8-10-21(26)11-9-20/h3-13H,15H2,1-2H3. The first kappa shape index (κ1) is 20.0. The zero-order valence-electron chi connectivity index (χ0n) is 17.6. The van der Waals surface area contributed by atoms with E-state index >= 15 is 0 Å². The quantitative estimate of drug-likeness (QED) is 0.441. The molecule has 1 aliphatic rings. The Morgan fingerprint density at radius 2 is 1.69 bits per heavy atom. The number of hydrogen-bond acceptors (Lipinski definition) is 5. The molecule has 0 radical (unpaired) electrons. The predicted molar refractivity (Wildman–Crippen MR) is 125 cm³/mol. The van der Waals surface area contributed by atoms with Crippen molar-refractivity contribution in [2.45, 2.75) is 20.4 Å². The van der Waals surface area contributed by atoms with E-state index in [-0.39, 0.29) is 0 Å². The van der Waals surface area contributed by atoms with Gasteiger partial charge in [-0.25, -0.2) is 5.01 Å². The fourth-order valence-corrected chi connectivity index (χ4v) is 3.96. The minimum Gasteiger partial charge on any atom is -0.263 e. The van der Waals surface area contributed by atoms with Crippen LogP contribution < -0.4 is 5.01 Å². The number of halogens is 1. The molecule has 0 amide bonds. The molecule has 4 aromatic rings. The van der Waals surface area contributed by atoms with Crippen molar-refractivity contribution < 1.29 is 0 Å². The maximum Gasteiger partial charge on any atom is 0.252 e. The summed E-state index contributed by atoms with van der Waals surface area (Å²) in [6.07, 6.45) is 0. The minimum atomic E-state index is 0.480. The van der Waals surface area contributed by atoms with Gasteiger partial charge in [-0.2, -0.15) is 10.4 Å². The third-order valence-electron chi connectivity index (χ3n) is 5.44. The summed E-state index contributed by atoms with van der Waals surface area (Å²) in [6.45, 7) is 4.49. The van der Waals surface area contributed by atoms with Crippen LogP contribution >= 0.6 is 11.6 Å². The number of rotatable bonds is 3. The number of nitriles is 1. The van der Waals surface area contributed by atoms with E-state index in [0.29, 0.717) is 23.1 Å². The van der Waals surface area contributed by atoms with Gasteiger partial charge in [-0.3, -0.25) is 4.57 Å². The third kappa shape index (κ3) is 3.53. The summed E-state index contributed by atoms with van der Waals surface area (Å²) in [5.74, 6) is 1.42. The molecule has 2 heterocycles. The van der Waals surface area contributed by atoms with Crippen LogP contribution in [-0.4, -0.2) is 20.5 Å². The van der Waals surface area contributed by atoms with Crippen LogP contribution in [0.15, 0.2) is 71.8 Å². The van der Waals surface area contributed by atoms with Crippen LogP contribution in [0.25, 0.3) is 5.69 Å². The van der Waals surface area contributed by atoms with Gasteiger partial charge in [0.2, 0.25) is 0 Å². The van der Waals surface area contributed by atoms with Gasteiger partial charge < -0.3 is 0 Å². The Balaban J connectivity index is 1.71. The Kier molecular flexibility index (Phi) is 4.96. The number of nitrogens with zero attached hydrogens (tertiary/aromatic N) is 6. The van der Waals surface area contributed by atoms with E-state index < -0.39 is 0 Å². The van der Waals surface area contributed by atoms with Crippen molar-refractivity contribution in [3.8, 4) is 11.8 Å². The highest BCUT2D eigenvalue weighted by atomic mass is 35.5. The van der Waals surface area contributed by atoms with E-state index in [1.807, 2.05) is 65.0 Å². The van der Waals surface area contributed by atoms with Crippen LogP contribution in [0.3, 0.4) is 0 Å². The number of benzene rings is 3. The molecule has 32 heavy (non-hydrogen) atoms. The molecule has 0 atom stereocenters. The van der Waals surface area contributed by atoms with E-state index in [1.165, 1.54) is 0 Å². The molecular weight excluding hydrogens is 420 g/mol. The highest BCUT2D eigenvalue weighted by Gasteiger charge is 2.26. The molecule has 3 aromatic carbocycles. The van der Waals surface area contributed by atoms with E-state index in [2.05, 4.69) is 41.4 Å². The fourth-order valence-electron chi connectivity index (χ4n) is 3.83. The van der Waals surface area contributed by atoms with E-state index in [4.69, 9.17) is 22.0 Å². The van der Waals surface area contributed by atoms with E-state index in [9.17, 15) is 0 Å². The molecule has 0 fully saturated rings. The van der Waals surface area contributed by atoms with E-state index in [0.717, 1.165) is 39.5 Å². The van der Waals surface area contributed by atoms with Crippen molar-refractivity contribution in [1.82, 2.24) is 14.8 Å². The Labute approximate surface area is 191 Å². The SMILES string of the molecule is Cc1ccc2c(c1)-n1c(C)nnc1N(Cc1ccc(C#N)cc1)N=C2c1ccc(Cl)cc1. The lowest BCUT2D eigenvalue weighted by molar-refractivity contribution is 0.796. The molecule has 0 unspecified atom stereocenters. The Bertz CT molecular complexity index is 1380. The highest BCUT2D eigenvalue weighted by Crippen LogP contribution is 2.31. The molecule has 0 aliphatic carbocycles. The monoisotopic (exact) mass is 438 g/mol. The molecule has 156 valence electrons. The van der Waals surface area contributed by atoms with E-state index in [1.54, 1.807) is 0 Å². The molecule has 1 aromatic heterocycles. The largest absolute Gasteiger partial charge is 0.263 e. The molecule has 0 N–H and O–H groups in total. The highest BCUT2D eigenvalue weighted by molar-refractivity contribution is 6.30. The lowest BCUT2D eigenvalue weighted by atomic mass is 9.99. The molecule has 6 nitrogen and oxygen atoms in total. The van der Waals surface area contributed by atoms with Crippen molar-refractivity contribution in [3.63, 3.8) is 0 Å². The van der Waals surface area contributed by atoms with Gasteiger partial charge in [0.05, 0.1) is 23.9 Å². The summed E-state index contributed by atoms with van der Waals surface area (Å²) in [4.78, 5) is 0. The zero-order chi connectivity index (χ0) is 22.2. The van der Waals surface area contributed by atoms with Gasteiger partial charge in [0.25, 0.3) is 5.95 Å². The molecule has 0 saturated carbocycles. The summed E-state index contributed by atoms with van der Waals surface area (Å²) in [7, 11) is 0. The number of hydrazone groups is 1. The van der Waals surface area contributed by atoms with Crippen LogP contribution in [0.2, 0.25) is 5.02 Å². The Morgan fingerprint density at radius 1 is 0.938 bits per heavy atom. The number of aromatic nitrogens is 3. The topological polar surface area (TPSA) is 70.1 Å². The Hall–Kier alpha value is -3.95. The van der Waals surface area contributed by atoms with Crippen LogP contribution in [0.5, 0.6) is 0 Å². The van der Waals surface area contributed by atoms with Gasteiger partial charge >= 0.3 is 0 Å². The second-order valence-electron chi connectivity index (χ2n) is 7.73. The molecule has 0 spiro atoms. The van der Waals surface area contributed by atoms with Crippen molar-refractivity contribution in [2.75, 3.05) is 5.01 Å². The summed E-state index contributed by atoms with van der Waals surface area (Å²) in [5, 5.41) is 25.5. The van der Waals surface area contributed by atoms with Crippen molar-refractivity contribution in [1.29, 1.82) is 5.26 Å². The first-order valence-corrected chi connectivity index (χ1v) is 10.6. The molecule has 5 rings (SSSR count). The molecular formula is C25H19ClN6. The van der Waals surface area contributed by atoms with Crippen LogP contribution in [-0.2, 0) is 6.54 Å². The van der Waals surface area contributed by atoms with Crippen LogP contribution in [0, 0.1) is 25.2 Å². The zero-order valence-corrected chi connectivity index (χ0v) is 18.4. The normalized spacial score (nSPS) is 12.4. The number of fused-ring (bicyclic) bond motifs is 3.